The molecule has 1 aromatic carbocycles. The van der Waals surface area contributed by atoms with Crippen LogP contribution in [0.15, 0.2) is 24.3 Å². The molecule has 0 saturated carbocycles. The number of nitrogens with zero attached hydrogens (tertiary/aromatic N) is 1. The molecule has 1 atom stereocenters. The van der Waals surface area contributed by atoms with Gasteiger partial charge in [-0.05, 0) is 36.8 Å². The third kappa shape index (κ3) is 3.49. The van der Waals surface area contributed by atoms with Gasteiger partial charge in [-0.3, -0.25) is 4.79 Å². The zero-order valence-corrected chi connectivity index (χ0v) is 11.6. The number of piperidine rings is 1. The maximum atomic E-state index is 12.1. The second-order valence-electron chi connectivity index (χ2n) is 5.18. The third-order valence-electron chi connectivity index (χ3n) is 3.58. The minimum atomic E-state index is 0.265. The van der Waals surface area contributed by atoms with Gasteiger partial charge in [-0.2, -0.15) is 0 Å². The van der Waals surface area contributed by atoms with Crippen molar-refractivity contribution in [2.45, 2.75) is 32.6 Å². The van der Waals surface area contributed by atoms with Crippen molar-refractivity contribution in [3.63, 3.8) is 0 Å². The highest BCUT2D eigenvalue weighted by Crippen LogP contribution is 2.19. The number of aryl methyl sites for hydroxylation is 1. The molecule has 1 aliphatic heterocycles. The first-order valence-electron chi connectivity index (χ1n) is 6.68. The predicted octanol–water partition coefficient (Wildman–Crippen LogP) is 3.53. The van der Waals surface area contributed by atoms with Crippen LogP contribution in [0.3, 0.4) is 0 Å². The van der Waals surface area contributed by atoms with Crippen molar-refractivity contribution >= 4 is 17.5 Å². The Morgan fingerprint density at radius 1 is 1.44 bits per heavy atom. The van der Waals surface area contributed by atoms with Crippen LogP contribution in [0.4, 0.5) is 0 Å². The number of benzene rings is 1. The van der Waals surface area contributed by atoms with E-state index in [0.717, 1.165) is 36.5 Å². The average Bonchev–Trinajstić information content (AvgIpc) is 2.37. The molecular weight excluding hydrogens is 246 g/mol. The standard InChI is InChI=1S/C15H20ClNO/c1-12-5-4-10-17(11-12)15(18)9-8-13-6-2-3-7-14(13)16/h2-3,6-7,12H,4-5,8-11H2,1H3/t12-/m0/s1. The summed E-state index contributed by atoms with van der Waals surface area (Å²) in [6.45, 7) is 4.06. The summed E-state index contributed by atoms with van der Waals surface area (Å²) in [5.74, 6) is 0.907. The van der Waals surface area contributed by atoms with Crippen molar-refractivity contribution in [2.75, 3.05) is 13.1 Å². The van der Waals surface area contributed by atoms with Gasteiger partial charge in [0.15, 0.2) is 0 Å². The van der Waals surface area contributed by atoms with E-state index in [9.17, 15) is 4.79 Å². The number of hydrogen-bond donors (Lipinski definition) is 0. The van der Waals surface area contributed by atoms with E-state index in [-0.39, 0.29) is 5.91 Å². The number of halogens is 1. The number of hydrogen-bond acceptors (Lipinski definition) is 1. The summed E-state index contributed by atoms with van der Waals surface area (Å²) >= 11 is 6.09. The van der Waals surface area contributed by atoms with Gasteiger partial charge in [-0.1, -0.05) is 36.7 Å². The third-order valence-corrected chi connectivity index (χ3v) is 3.94. The molecular formula is C15H20ClNO. The Balaban J connectivity index is 1.86. The lowest BCUT2D eigenvalue weighted by Gasteiger charge is -2.31. The molecule has 2 rings (SSSR count). The van der Waals surface area contributed by atoms with Gasteiger partial charge in [-0.15, -0.1) is 0 Å². The summed E-state index contributed by atoms with van der Waals surface area (Å²) in [6, 6.07) is 7.76. The molecule has 2 nitrogen and oxygen atoms in total. The molecule has 18 heavy (non-hydrogen) atoms. The minimum absolute atomic E-state index is 0.265. The second kappa shape index (κ2) is 6.24. The van der Waals surface area contributed by atoms with Gasteiger partial charge in [0, 0.05) is 24.5 Å². The largest absolute Gasteiger partial charge is 0.342 e. The van der Waals surface area contributed by atoms with Crippen LogP contribution < -0.4 is 0 Å². The van der Waals surface area contributed by atoms with Crippen LogP contribution in [0.5, 0.6) is 0 Å². The Labute approximate surface area is 114 Å². The van der Waals surface area contributed by atoms with Gasteiger partial charge in [-0.25, -0.2) is 0 Å². The monoisotopic (exact) mass is 265 g/mol. The van der Waals surface area contributed by atoms with Gasteiger partial charge in [0.05, 0.1) is 0 Å². The number of amides is 1. The van der Waals surface area contributed by atoms with Gasteiger partial charge in [0.25, 0.3) is 0 Å². The molecule has 3 heteroatoms. The molecule has 0 aliphatic carbocycles. The van der Waals surface area contributed by atoms with Gasteiger partial charge >= 0.3 is 0 Å². The molecule has 0 spiro atoms. The van der Waals surface area contributed by atoms with Crippen LogP contribution in [0.25, 0.3) is 0 Å². The Morgan fingerprint density at radius 3 is 2.94 bits per heavy atom. The molecule has 1 aromatic rings. The summed E-state index contributed by atoms with van der Waals surface area (Å²) in [5.41, 5.74) is 1.07. The first kappa shape index (κ1) is 13.4. The van der Waals surface area contributed by atoms with Crippen molar-refractivity contribution in [3.05, 3.63) is 34.9 Å². The van der Waals surface area contributed by atoms with Gasteiger partial charge in [0.2, 0.25) is 5.91 Å². The second-order valence-corrected chi connectivity index (χ2v) is 5.59. The van der Waals surface area contributed by atoms with Crippen molar-refractivity contribution in [3.8, 4) is 0 Å². The quantitative estimate of drug-likeness (QED) is 0.819. The smallest absolute Gasteiger partial charge is 0.222 e. The lowest BCUT2D eigenvalue weighted by molar-refractivity contribution is -0.132. The van der Waals surface area contributed by atoms with Gasteiger partial charge in [0.1, 0.15) is 0 Å². The number of carbonyl (C=O) groups is 1. The average molecular weight is 266 g/mol. The zero-order chi connectivity index (χ0) is 13.0. The number of rotatable bonds is 3. The molecule has 0 bridgehead atoms. The molecule has 1 saturated heterocycles. The number of carbonyl (C=O) groups excluding carboxylic acids is 1. The lowest BCUT2D eigenvalue weighted by atomic mass is 9.99. The van der Waals surface area contributed by atoms with Crippen LogP contribution in [0.2, 0.25) is 5.02 Å². The highest BCUT2D eigenvalue weighted by molar-refractivity contribution is 6.31. The highest BCUT2D eigenvalue weighted by atomic mass is 35.5. The van der Waals surface area contributed by atoms with Crippen LogP contribution in [-0.2, 0) is 11.2 Å². The van der Waals surface area contributed by atoms with E-state index in [1.807, 2.05) is 29.2 Å². The first-order valence-corrected chi connectivity index (χ1v) is 7.06. The topological polar surface area (TPSA) is 20.3 Å². The van der Waals surface area contributed by atoms with Gasteiger partial charge < -0.3 is 4.90 Å². The fraction of sp³-hybridized carbons (Fsp3) is 0.533. The van der Waals surface area contributed by atoms with E-state index >= 15 is 0 Å². The van der Waals surface area contributed by atoms with Crippen molar-refractivity contribution in [1.82, 2.24) is 4.90 Å². The Morgan fingerprint density at radius 2 is 2.22 bits per heavy atom. The minimum Gasteiger partial charge on any atom is -0.342 e. The zero-order valence-electron chi connectivity index (χ0n) is 10.9. The first-order chi connectivity index (χ1) is 8.66. The van der Waals surface area contributed by atoms with E-state index in [1.165, 1.54) is 6.42 Å². The SMILES string of the molecule is C[C@H]1CCCN(C(=O)CCc2ccccc2Cl)C1. The molecule has 0 aromatic heterocycles. The Hall–Kier alpha value is -1.02. The molecule has 0 radical (unpaired) electrons. The Bertz CT molecular complexity index is 419. The summed E-state index contributed by atoms with van der Waals surface area (Å²) in [7, 11) is 0. The molecule has 1 aliphatic rings. The molecule has 98 valence electrons. The van der Waals surface area contributed by atoms with Crippen molar-refractivity contribution in [2.24, 2.45) is 5.92 Å². The van der Waals surface area contributed by atoms with Crippen molar-refractivity contribution < 1.29 is 4.79 Å². The van der Waals surface area contributed by atoms with Crippen LogP contribution >= 0.6 is 11.6 Å². The van der Waals surface area contributed by atoms with E-state index < -0.39 is 0 Å². The maximum absolute atomic E-state index is 12.1. The molecule has 1 amide bonds. The maximum Gasteiger partial charge on any atom is 0.222 e. The van der Waals surface area contributed by atoms with E-state index in [2.05, 4.69) is 6.92 Å². The Kier molecular flexibility index (Phi) is 4.65. The summed E-state index contributed by atoms with van der Waals surface area (Å²) in [6.07, 6.45) is 3.69. The van der Waals surface area contributed by atoms with Crippen LogP contribution in [0.1, 0.15) is 31.7 Å². The summed E-state index contributed by atoms with van der Waals surface area (Å²) in [4.78, 5) is 14.1. The normalized spacial score (nSPS) is 19.9. The summed E-state index contributed by atoms with van der Waals surface area (Å²) < 4.78 is 0. The molecule has 1 fully saturated rings. The molecule has 1 heterocycles. The van der Waals surface area contributed by atoms with Crippen LogP contribution in [-0.4, -0.2) is 23.9 Å². The van der Waals surface area contributed by atoms with E-state index in [1.54, 1.807) is 0 Å². The number of likely N-dealkylation sites (tertiary alicyclic amines) is 1. The van der Waals surface area contributed by atoms with E-state index in [4.69, 9.17) is 11.6 Å². The highest BCUT2D eigenvalue weighted by Gasteiger charge is 2.20. The molecule has 0 unspecified atom stereocenters. The fourth-order valence-electron chi connectivity index (χ4n) is 2.52. The fourth-order valence-corrected chi connectivity index (χ4v) is 2.75. The summed E-state index contributed by atoms with van der Waals surface area (Å²) in [5, 5.41) is 0.761. The van der Waals surface area contributed by atoms with Crippen LogP contribution in [0, 0.1) is 5.92 Å². The predicted molar refractivity (Wildman–Crippen MR) is 74.8 cm³/mol. The van der Waals surface area contributed by atoms with E-state index in [0.29, 0.717) is 12.3 Å². The van der Waals surface area contributed by atoms with Crippen molar-refractivity contribution in [1.29, 1.82) is 0 Å². The molecule has 0 N–H and O–H groups in total. The lowest BCUT2D eigenvalue weighted by Crippen LogP contribution is -2.39.